The molecule has 4 amide bonds. The zero-order chi connectivity index (χ0) is 29.0. The first-order chi connectivity index (χ1) is 17.7. The Kier molecular flexibility index (Phi) is 12.5. The fourth-order valence-electron chi connectivity index (χ4n) is 3.54. The number of phenols is 1. The molecule has 0 heterocycles. The van der Waals surface area contributed by atoms with E-state index >= 15 is 0 Å². The third kappa shape index (κ3) is 10.7. The van der Waals surface area contributed by atoms with Crippen LogP contribution >= 0.6 is 0 Å². The van der Waals surface area contributed by atoms with Gasteiger partial charge in [-0.1, -0.05) is 19.1 Å². The van der Waals surface area contributed by atoms with Crippen LogP contribution in [0.25, 0.3) is 0 Å². The zero-order valence-corrected chi connectivity index (χ0v) is 22.9. The number of nitrogens with zero attached hydrogens (tertiary/aromatic N) is 1. The molecule has 0 saturated heterocycles. The lowest BCUT2D eigenvalue weighted by Gasteiger charge is -2.38. The highest BCUT2D eigenvalue weighted by Gasteiger charge is 2.39. The van der Waals surface area contributed by atoms with Gasteiger partial charge < -0.3 is 35.8 Å². The van der Waals surface area contributed by atoms with Crippen molar-refractivity contribution < 1.29 is 38.6 Å². The smallest absolute Gasteiger partial charge is 0.408 e. The first kappa shape index (κ1) is 32.2. The summed E-state index contributed by atoms with van der Waals surface area (Å²) in [5.74, 6) is -2.73. The standard InChI is InChI=1S/C26H40N4O8/c1-7-16(3)30(24(35)19(15-20(27)32)29-25(36)38-26(4,5)6)22(17-9-11-18(31)12-10-17)23(34)28-14-13-21(33)37-8-2/h9-12,16,19,22,31H,7-8,13-15H2,1-6H3,(H2,27,32)(H,28,34)(H,29,36). The van der Waals surface area contributed by atoms with Crippen molar-refractivity contribution in [1.82, 2.24) is 15.5 Å². The number of alkyl carbamates (subject to hydrolysis) is 1. The Hall–Kier alpha value is -3.83. The molecule has 0 radical (unpaired) electrons. The van der Waals surface area contributed by atoms with Crippen LogP contribution in [0.3, 0.4) is 0 Å². The molecule has 1 aromatic rings. The molecule has 12 nitrogen and oxygen atoms in total. The molecule has 3 atom stereocenters. The molecule has 0 aliphatic carbocycles. The molecule has 0 spiro atoms. The number of nitrogens with two attached hydrogens (primary N) is 1. The lowest BCUT2D eigenvalue weighted by atomic mass is 9.99. The summed E-state index contributed by atoms with van der Waals surface area (Å²) < 4.78 is 10.1. The van der Waals surface area contributed by atoms with Crippen molar-refractivity contribution in [1.29, 1.82) is 0 Å². The Morgan fingerprint density at radius 2 is 1.68 bits per heavy atom. The van der Waals surface area contributed by atoms with Crippen molar-refractivity contribution in [3.63, 3.8) is 0 Å². The van der Waals surface area contributed by atoms with Gasteiger partial charge in [-0.05, 0) is 58.7 Å². The van der Waals surface area contributed by atoms with Crippen molar-refractivity contribution >= 4 is 29.8 Å². The summed E-state index contributed by atoms with van der Waals surface area (Å²) in [5.41, 5.74) is 4.87. The van der Waals surface area contributed by atoms with Crippen molar-refractivity contribution in [3.8, 4) is 5.75 Å². The highest BCUT2D eigenvalue weighted by molar-refractivity contribution is 5.94. The van der Waals surface area contributed by atoms with Gasteiger partial charge in [0.15, 0.2) is 0 Å². The Bertz CT molecular complexity index is 974. The summed E-state index contributed by atoms with van der Waals surface area (Å²) in [6.07, 6.45) is -1.12. The number of ether oxygens (including phenoxy) is 2. The Labute approximate surface area is 223 Å². The number of primary amides is 1. The number of esters is 1. The van der Waals surface area contributed by atoms with Crippen molar-refractivity contribution in [3.05, 3.63) is 29.8 Å². The first-order valence-corrected chi connectivity index (χ1v) is 12.5. The summed E-state index contributed by atoms with van der Waals surface area (Å²) in [4.78, 5) is 64.6. The Morgan fingerprint density at radius 3 is 2.18 bits per heavy atom. The number of hydrogen-bond acceptors (Lipinski definition) is 8. The molecule has 38 heavy (non-hydrogen) atoms. The van der Waals surface area contributed by atoms with Gasteiger partial charge in [-0.2, -0.15) is 0 Å². The summed E-state index contributed by atoms with van der Waals surface area (Å²) in [5, 5.41) is 14.8. The van der Waals surface area contributed by atoms with E-state index in [2.05, 4.69) is 10.6 Å². The minimum atomic E-state index is -1.41. The van der Waals surface area contributed by atoms with Crippen LogP contribution in [0.2, 0.25) is 0 Å². The van der Waals surface area contributed by atoms with E-state index in [1.807, 2.05) is 6.92 Å². The molecule has 0 saturated carbocycles. The fraction of sp³-hybridized carbons (Fsp3) is 0.577. The molecule has 212 valence electrons. The largest absolute Gasteiger partial charge is 0.508 e. The minimum Gasteiger partial charge on any atom is -0.508 e. The molecule has 12 heteroatoms. The summed E-state index contributed by atoms with van der Waals surface area (Å²) in [7, 11) is 0. The fourth-order valence-corrected chi connectivity index (χ4v) is 3.54. The number of rotatable bonds is 13. The second kappa shape index (κ2) is 14.8. The zero-order valence-electron chi connectivity index (χ0n) is 22.9. The van der Waals surface area contributed by atoms with E-state index in [0.29, 0.717) is 12.0 Å². The third-order valence-corrected chi connectivity index (χ3v) is 5.38. The highest BCUT2D eigenvalue weighted by atomic mass is 16.6. The average molecular weight is 537 g/mol. The highest BCUT2D eigenvalue weighted by Crippen LogP contribution is 2.28. The summed E-state index contributed by atoms with van der Waals surface area (Å²) >= 11 is 0. The van der Waals surface area contributed by atoms with E-state index < -0.39 is 59.9 Å². The van der Waals surface area contributed by atoms with E-state index in [1.165, 1.54) is 29.2 Å². The number of hydrogen-bond donors (Lipinski definition) is 4. The second-order valence-corrected chi connectivity index (χ2v) is 9.71. The lowest BCUT2D eigenvalue weighted by Crippen LogP contribution is -2.56. The monoisotopic (exact) mass is 536 g/mol. The number of carbonyl (C=O) groups is 5. The molecule has 1 rings (SSSR count). The van der Waals surface area contributed by atoms with Gasteiger partial charge in [-0.3, -0.25) is 19.2 Å². The van der Waals surface area contributed by atoms with Crippen LogP contribution in [0.1, 0.15) is 72.4 Å². The number of amides is 4. The van der Waals surface area contributed by atoms with Crippen LogP contribution in [0, 0.1) is 0 Å². The van der Waals surface area contributed by atoms with E-state index in [-0.39, 0.29) is 25.3 Å². The maximum absolute atomic E-state index is 13.9. The van der Waals surface area contributed by atoms with E-state index in [1.54, 1.807) is 34.6 Å². The topological polar surface area (TPSA) is 177 Å². The predicted molar refractivity (Wildman–Crippen MR) is 139 cm³/mol. The second-order valence-electron chi connectivity index (χ2n) is 9.71. The Balaban J connectivity index is 3.44. The molecule has 0 bridgehead atoms. The minimum absolute atomic E-state index is 0.0460. The lowest BCUT2D eigenvalue weighted by molar-refractivity contribution is -0.146. The molecule has 3 unspecified atom stereocenters. The normalized spacial score (nSPS) is 13.4. The molecule has 0 aromatic heterocycles. The van der Waals surface area contributed by atoms with Crippen LogP contribution in [-0.2, 0) is 28.7 Å². The maximum atomic E-state index is 13.9. The summed E-state index contributed by atoms with van der Waals surface area (Å²) in [6.45, 7) is 10.3. The predicted octanol–water partition coefficient (Wildman–Crippen LogP) is 1.90. The molecular formula is C26H40N4O8. The molecule has 1 aromatic carbocycles. The number of phenolic OH excluding ortho intramolecular Hbond substituents is 1. The number of aromatic hydroxyl groups is 1. The van der Waals surface area contributed by atoms with E-state index in [0.717, 1.165) is 0 Å². The maximum Gasteiger partial charge on any atom is 0.408 e. The van der Waals surface area contributed by atoms with Gasteiger partial charge in [0.05, 0.1) is 19.4 Å². The van der Waals surface area contributed by atoms with Crippen LogP contribution in [0.15, 0.2) is 24.3 Å². The molecule has 0 aliphatic heterocycles. The molecule has 0 fully saturated rings. The number of nitrogens with one attached hydrogen (secondary N) is 2. The van der Waals surface area contributed by atoms with Gasteiger partial charge in [0.1, 0.15) is 23.4 Å². The summed E-state index contributed by atoms with van der Waals surface area (Å²) in [6, 6.07) is 2.53. The van der Waals surface area contributed by atoms with Gasteiger partial charge in [0.25, 0.3) is 0 Å². The van der Waals surface area contributed by atoms with Crippen molar-refractivity contribution in [2.45, 2.75) is 84.5 Å². The van der Waals surface area contributed by atoms with Crippen LogP contribution < -0.4 is 16.4 Å². The van der Waals surface area contributed by atoms with E-state index in [4.69, 9.17) is 15.2 Å². The van der Waals surface area contributed by atoms with Crippen LogP contribution in [0.5, 0.6) is 5.75 Å². The molecule has 5 N–H and O–H groups in total. The molecule has 0 aliphatic rings. The van der Waals surface area contributed by atoms with Gasteiger partial charge in [-0.25, -0.2) is 4.79 Å². The van der Waals surface area contributed by atoms with Gasteiger partial charge in [0, 0.05) is 12.6 Å². The van der Waals surface area contributed by atoms with Crippen LogP contribution in [-0.4, -0.2) is 70.6 Å². The van der Waals surface area contributed by atoms with Crippen LogP contribution in [0.4, 0.5) is 4.79 Å². The van der Waals surface area contributed by atoms with Crippen molar-refractivity contribution in [2.75, 3.05) is 13.2 Å². The van der Waals surface area contributed by atoms with Gasteiger partial charge in [0.2, 0.25) is 17.7 Å². The van der Waals surface area contributed by atoms with Crippen molar-refractivity contribution in [2.24, 2.45) is 5.73 Å². The van der Waals surface area contributed by atoms with Gasteiger partial charge >= 0.3 is 12.1 Å². The van der Waals surface area contributed by atoms with E-state index in [9.17, 15) is 29.1 Å². The third-order valence-electron chi connectivity index (χ3n) is 5.38. The average Bonchev–Trinajstić information content (AvgIpc) is 2.80. The number of carbonyl (C=O) groups excluding carboxylic acids is 5. The Morgan fingerprint density at radius 1 is 1.08 bits per heavy atom. The molecular weight excluding hydrogens is 496 g/mol. The number of benzene rings is 1. The SMILES string of the molecule is CCOC(=O)CCNC(=O)C(c1ccc(O)cc1)N(C(=O)C(CC(N)=O)NC(=O)OC(C)(C)C)C(C)CC. The van der Waals surface area contributed by atoms with Gasteiger partial charge in [-0.15, -0.1) is 0 Å². The quantitative estimate of drug-likeness (QED) is 0.276. The first-order valence-electron chi connectivity index (χ1n) is 12.5.